The molecule has 2 rings (SSSR count). The number of ether oxygens (including phenoxy) is 2. The molecule has 0 aliphatic carbocycles. The van der Waals surface area contributed by atoms with E-state index in [1.807, 2.05) is 6.92 Å². The highest BCUT2D eigenvalue weighted by molar-refractivity contribution is 9.10. The Labute approximate surface area is 95.5 Å². The highest BCUT2D eigenvalue weighted by Gasteiger charge is 2.31. The number of nitrogens with zero attached hydrogens (tertiary/aromatic N) is 2. The van der Waals surface area contributed by atoms with Crippen molar-refractivity contribution < 1.29 is 14.3 Å². The zero-order chi connectivity index (χ0) is 11.0. The monoisotopic (exact) mass is 274 g/mol. The molecule has 6 heteroatoms. The van der Waals surface area contributed by atoms with Crippen molar-refractivity contribution in [1.29, 1.82) is 0 Å². The summed E-state index contributed by atoms with van der Waals surface area (Å²) in [6.45, 7) is 4.69. The maximum Gasteiger partial charge on any atom is 0.346 e. The second-order valence-electron chi connectivity index (χ2n) is 3.30. The van der Waals surface area contributed by atoms with E-state index in [1.54, 1.807) is 11.6 Å². The van der Waals surface area contributed by atoms with E-state index in [4.69, 9.17) is 9.47 Å². The van der Waals surface area contributed by atoms with E-state index in [0.717, 1.165) is 0 Å². The quantitative estimate of drug-likeness (QED) is 0.769. The Hall–Kier alpha value is -1.04. The van der Waals surface area contributed by atoms with E-state index in [9.17, 15) is 4.79 Å². The van der Waals surface area contributed by atoms with Gasteiger partial charge in [-0.2, -0.15) is 5.10 Å². The van der Waals surface area contributed by atoms with Gasteiger partial charge in [0.15, 0.2) is 5.56 Å². The van der Waals surface area contributed by atoms with Crippen LogP contribution in [0.5, 0.6) is 5.88 Å². The number of carbonyl (C=O) groups is 1. The average molecular weight is 275 g/mol. The Kier molecular flexibility index (Phi) is 2.68. The fraction of sp³-hybridized carbons (Fsp3) is 0.556. The fourth-order valence-corrected chi connectivity index (χ4v) is 2.03. The molecule has 0 unspecified atom stereocenters. The van der Waals surface area contributed by atoms with Gasteiger partial charge >= 0.3 is 5.97 Å². The van der Waals surface area contributed by atoms with Crippen LogP contribution in [0.15, 0.2) is 4.60 Å². The summed E-state index contributed by atoms with van der Waals surface area (Å²) in [6, 6.07) is 0. The first kappa shape index (κ1) is 10.5. The van der Waals surface area contributed by atoms with Crippen molar-refractivity contribution in [2.75, 3.05) is 6.61 Å². The molecule has 1 aromatic rings. The second kappa shape index (κ2) is 3.84. The highest BCUT2D eigenvalue weighted by Crippen LogP contribution is 2.32. The van der Waals surface area contributed by atoms with Gasteiger partial charge < -0.3 is 9.47 Å². The predicted octanol–water partition coefficient (Wildman–Crippen LogP) is 1.60. The zero-order valence-electron chi connectivity index (χ0n) is 8.49. The van der Waals surface area contributed by atoms with Crippen LogP contribution in [0.25, 0.3) is 0 Å². The van der Waals surface area contributed by atoms with Crippen LogP contribution in [-0.4, -0.2) is 28.5 Å². The third-order valence-electron chi connectivity index (χ3n) is 2.09. The summed E-state index contributed by atoms with van der Waals surface area (Å²) < 4.78 is 12.6. The van der Waals surface area contributed by atoms with E-state index >= 15 is 0 Å². The molecule has 15 heavy (non-hydrogen) atoms. The van der Waals surface area contributed by atoms with Crippen LogP contribution in [-0.2, 0) is 11.3 Å². The highest BCUT2D eigenvalue weighted by atomic mass is 79.9. The zero-order valence-corrected chi connectivity index (χ0v) is 10.1. The Balaban J connectivity index is 2.36. The number of aromatic nitrogens is 2. The van der Waals surface area contributed by atoms with Crippen LogP contribution < -0.4 is 4.74 Å². The minimum atomic E-state index is -0.403. The Morgan fingerprint density at radius 2 is 2.53 bits per heavy atom. The van der Waals surface area contributed by atoms with Gasteiger partial charge in [-0.1, -0.05) is 0 Å². The van der Waals surface area contributed by atoms with Gasteiger partial charge in [0.25, 0.3) is 0 Å². The lowest BCUT2D eigenvalue weighted by Crippen LogP contribution is -2.11. The van der Waals surface area contributed by atoms with Gasteiger partial charge in [0, 0.05) is 0 Å². The molecule has 2 heterocycles. The van der Waals surface area contributed by atoms with E-state index < -0.39 is 5.97 Å². The van der Waals surface area contributed by atoms with Crippen LogP contribution in [0.4, 0.5) is 0 Å². The fourth-order valence-electron chi connectivity index (χ4n) is 1.51. The Bertz CT molecular complexity index is 402. The summed E-state index contributed by atoms with van der Waals surface area (Å²) in [5, 5.41) is 4.15. The summed E-state index contributed by atoms with van der Waals surface area (Å²) in [5.41, 5.74) is 0.376. The molecule has 0 amide bonds. The van der Waals surface area contributed by atoms with Gasteiger partial charge in [0.05, 0.1) is 13.2 Å². The van der Waals surface area contributed by atoms with E-state index in [1.165, 1.54) is 0 Å². The number of carbonyl (C=O) groups excluding carboxylic acids is 1. The van der Waals surface area contributed by atoms with Crippen molar-refractivity contribution >= 4 is 21.9 Å². The molecule has 0 fully saturated rings. The molecule has 5 nitrogen and oxygen atoms in total. The van der Waals surface area contributed by atoms with Gasteiger partial charge in [-0.3, -0.25) is 0 Å². The molecule has 0 saturated heterocycles. The van der Waals surface area contributed by atoms with E-state index in [0.29, 0.717) is 29.2 Å². The number of halogens is 1. The van der Waals surface area contributed by atoms with Crippen LogP contribution in [0.3, 0.4) is 0 Å². The number of hydrogen-bond donors (Lipinski definition) is 0. The third kappa shape index (κ3) is 1.73. The minimum Gasteiger partial charge on any atom is -0.472 e. The minimum absolute atomic E-state index is 0.0498. The Morgan fingerprint density at radius 1 is 1.80 bits per heavy atom. The molecule has 1 atom stereocenters. The normalized spacial score (nSPS) is 18.5. The SMILES string of the molecule is CCOC(=O)c1c(Br)nn2c1O[C@H](C)C2. The van der Waals surface area contributed by atoms with Crippen LogP contribution in [0.2, 0.25) is 0 Å². The lowest BCUT2D eigenvalue weighted by atomic mass is 10.3. The number of fused-ring (bicyclic) bond motifs is 1. The van der Waals surface area contributed by atoms with Crippen molar-refractivity contribution in [3.8, 4) is 5.88 Å². The first-order valence-corrected chi connectivity index (χ1v) is 5.52. The van der Waals surface area contributed by atoms with Gasteiger partial charge in [-0.15, -0.1) is 0 Å². The molecule has 0 spiro atoms. The topological polar surface area (TPSA) is 53.3 Å². The standard InChI is InChI=1S/C9H11BrN2O3/c1-3-14-9(13)6-7(10)11-12-4-5(2)15-8(6)12/h5H,3-4H2,1-2H3/t5-/m1/s1. The van der Waals surface area contributed by atoms with Gasteiger partial charge in [0.1, 0.15) is 10.7 Å². The number of esters is 1. The molecular formula is C9H11BrN2O3. The van der Waals surface area contributed by atoms with Crippen LogP contribution >= 0.6 is 15.9 Å². The molecule has 0 saturated carbocycles. The largest absolute Gasteiger partial charge is 0.472 e. The molecular weight excluding hydrogens is 264 g/mol. The molecule has 0 aromatic carbocycles. The number of rotatable bonds is 2. The summed E-state index contributed by atoms with van der Waals surface area (Å²) in [7, 11) is 0. The first-order chi connectivity index (χ1) is 7.13. The van der Waals surface area contributed by atoms with Crippen LogP contribution in [0, 0.1) is 0 Å². The predicted molar refractivity (Wildman–Crippen MR) is 56.0 cm³/mol. The van der Waals surface area contributed by atoms with E-state index in [-0.39, 0.29) is 6.10 Å². The van der Waals surface area contributed by atoms with Crippen molar-refractivity contribution in [3.05, 3.63) is 10.2 Å². The maximum absolute atomic E-state index is 11.6. The molecule has 0 bridgehead atoms. The molecule has 1 aromatic heterocycles. The van der Waals surface area contributed by atoms with Crippen molar-refractivity contribution in [1.82, 2.24) is 9.78 Å². The van der Waals surface area contributed by atoms with Gasteiger partial charge in [0.2, 0.25) is 5.88 Å². The smallest absolute Gasteiger partial charge is 0.346 e. The van der Waals surface area contributed by atoms with Gasteiger partial charge in [-0.25, -0.2) is 9.48 Å². The first-order valence-electron chi connectivity index (χ1n) is 4.73. The lowest BCUT2D eigenvalue weighted by molar-refractivity contribution is 0.0520. The lowest BCUT2D eigenvalue weighted by Gasteiger charge is -2.04. The van der Waals surface area contributed by atoms with E-state index in [2.05, 4.69) is 21.0 Å². The summed E-state index contributed by atoms with van der Waals surface area (Å²) in [5.74, 6) is 0.0903. The van der Waals surface area contributed by atoms with Crippen molar-refractivity contribution in [3.63, 3.8) is 0 Å². The summed E-state index contributed by atoms with van der Waals surface area (Å²) >= 11 is 3.22. The van der Waals surface area contributed by atoms with Crippen LogP contribution in [0.1, 0.15) is 24.2 Å². The number of hydrogen-bond acceptors (Lipinski definition) is 4. The second-order valence-corrected chi connectivity index (χ2v) is 4.05. The summed E-state index contributed by atoms with van der Waals surface area (Å²) in [6.07, 6.45) is 0.0498. The molecule has 1 aliphatic heterocycles. The molecule has 82 valence electrons. The van der Waals surface area contributed by atoms with Crippen molar-refractivity contribution in [2.24, 2.45) is 0 Å². The molecule has 1 aliphatic rings. The van der Waals surface area contributed by atoms with Crippen molar-refractivity contribution in [2.45, 2.75) is 26.5 Å². The molecule has 0 N–H and O–H groups in total. The van der Waals surface area contributed by atoms with Gasteiger partial charge in [-0.05, 0) is 29.8 Å². The average Bonchev–Trinajstić information content (AvgIpc) is 2.59. The Morgan fingerprint density at radius 3 is 3.20 bits per heavy atom. The summed E-state index contributed by atoms with van der Waals surface area (Å²) in [4.78, 5) is 11.6. The molecule has 0 radical (unpaired) electrons. The maximum atomic E-state index is 11.6. The third-order valence-corrected chi connectivity index (χ3v) is 2.64.